The van der Waals surface area contributed by atoms with E-state index in [1.807, 2.05) is 30.3 Å². The van der Waals surface area contributed by atoms with Crippen LogP contribution in [0.25, 0.3) is 0 Å². The Kier molecular flexibility index (Phi) is 7.67. The van der Waals surface area contributed by atoms with Crippen molar-refractivity contribution in [1.82, 2.24) is 0 Å². The third-order valence-corrected chi connectivity index (χ3v) is 5.01. The molecule has 0 saturated heterocycles. The van der Waals surface area contributed by atoms with E-state index < -0.39 is 5.97 Å². The van der Waals surface area contributed by atoms with Crippen molar-refractivity contribution >= 4 is 28.6 Å². The van der Waals surface area contributed by atoms with Crippen molar-refractivity contribution in [3.8, 4) is 5.75 Å². The highest BCUT2D eigenvalue weighted by Crippen LogP contribution is 2.20. The molecule has 5 nitrogen and oxygen atoms in total. The van der Waals surface area contributed by atoms with Gasteiger partial charge in [-0.15, -0.1) is 0 Å². The van der Waals surface area contributed by atoms with E-state index in [-0.39, 0.29) is 18.2 Å². The first-order valence-corrected chi connectivity index (χ1v) is 9.09. The van der Waals surface area contributed by atoms with E-state index >= 15 is 0 Å². The predicted molar refractivity (Wildman–Crippen MR) is 104 cm³/mol. The molecule has 0 spiro atoms. The van der Waals surface area contributed by atoms with Crippen molar-refractivity contribution in [3.63, 3.8) is 0 Å². The number of methoxy groups -OCH3 is 2. The highest BCUT2D eigenvalue weighted by molar-refractivity contribution is 14.1. The van der Waals surface area contributed by atoms with Gasteiger partial charge in [0, 0.05) is 9.13 Å². The second kappa shape index (κ2) is 9.74. The van der Waals surface area contributed by atoms with Crippen LogP contribution in [0.4, 0.5) is 0 Å². The van der Waals surface area contributed by atoms with Crippen LogP contribution in [0.2, 0.25) is 0 Å². The Hall–Kier alpha value is -1.64. The van der Waals surface area contributed by atoms with Crippen LogP contribution in [0.1, 0.15) is 16.7 Å². The molecule has 0 aliphatic heterocycles. The molecule has 2 aromatic carbocycles. The maximum absolute atomic E-state index is 12.1. The van der Waals surface area contributed by atoms with Gasteiger partial charge in [-0.2, -0.15) is 0 Å². The van der Waals surface area contributed by atoms with Crippen molar-refractivity contribution in [2.75, 3.05) is 20.8 Å². The fourth-order valence-corrected chi connectivity index (χ4v) is 3.44. The van der Waals surface area contributed by atoms with Crippen molar-refractivity contribution in [1.29, 1.82) is 0 Å². The fourth-order valence-electron chi connectivity index (χ4n) is 2.62. The lowest BCUT2D eigenvalue weighted by atomic mass is 9.99. The zero-order chi connectivity index (χ0) is 18.2. The number of esters is 1. The average Bonchev–Trinajstić information content (AvgIpc) is 2.61. The van der Waals surface area contributed by atoms with Gasteiger partial charge in [0.05, 0.1) is 14.2 Å². The first-order valence-electron chi connectivity index (χ1n) is 8.01. The number of rotatable bonds is 8. The minimum atomic E-state index is -0.490. The summed E-state index contributed by atoms with van der Waals surface area (Å²) in [6.45, 7) is 0.0732. The Morgan fingerprint density at radius 3 is 2.48 bits per heavy atom. The van der Waals surface area contributed by atoms with Gasteiger partial charge in [-0.25, -0.2) is 4.79 Å². The van der Waals surface area contributed by atoms with E-state index in [1.165, 1.54) is 12.7 Å². The Morgan fingerprint density at radius 2 is 1.84 bits per heavy atom. The van der Waals surface area contributed by atoms with Gasteiger partial charge >= 0.3 is 5.97 Å². The van der Waals surface area contributed by atoms with Crippen molar-refractivity contribution in [3.05, 3.63) is 67.9 Å². The molecule has 0 heterocycles. The van der Waals surface area contributed by atoms with Gasteiger partial charge in [-0.3, -0.25) is 0 Å². The van der Waals surface area contributed by atoms with Gasteiger partial charge in [-0.05, 0) is 64.8 Å². The molecule has 25 heavy (non-hydrogen) atoms. The van der Waals surface area contributed by atoms with Crippen LogP contribution in [0.3, 0.4) is 0 Å². The maximum Gasteiger partial charge on any atom is 0.361 e. The Morgan fingerprint density at radius 1 is 1.12 bits per heavy atom. The first kappa shape index (κ1) is 19.7. The van der Waals surface area contributed by atoms with Gasteiger partial charge in [0.15, 0.2) is 6.54 Å². The minimum Gasteiger partial charge on any atom is -0.634 e. The lowest BCUT2D eigenvalue weighted by molar-refractivity contribution is -0.854. The van der Waals surface area contributed by atoms with Gasteiger partial charge in [0.2, 0.25) is 0 Å². The number of benzene rings is 2. The molecule has 1 atom stereocenters. The third kappa shape index (κ3) is 5.98. The van der Waals surface area contributed by atoms with Crippen LogP contribution in [0.5, 0.6) is 5.75 Å². The second-order valence-corrected chi connectivity index (χ2v) is 6.86. The predicted octanol–water partition coefficient (Wildman–Crippen LogP) is 2.14. The summed E-state index contributed by atoms with van der Waals surface area (Å²) in [5.41, 5.74) is 3.36. The van der Waals surface area contributed by atoms with Gasteiger partial charge < -0.3 is 19.7 Å². The highest BCUT2D eigenvalue weighted by atomic mass is 127. The molecule has 2 aromatic rings. The van der Waals surface area contributed by atoms with Crippen molar-refractivity contribution < 1.29 is 19.3 Å². The summed E-state index contributed by atoms with van der Waals surface area (Å²) >= 11 is 2.30. The lowest BCUT2D eigenvalue weighted by Crippen LogP contribution is -3.06. The van der Waals surface area contributed by atoms with Crippen LogP contribution >= 0.6 is 22.6 Å². The molecule has 0 bridgehead atoms. The number of hydrogen-bond donors (Lipinski definition) is 1. The number of nitrogens with one attached hydrogen (secondary N) is 1. The Labute approximate surface area is 161 Å². The van der Waals surface area contributed by atoms with Crippen LogP contribution in [-0.4, -0.2) is 26.7 Å². The molecule has 2 rings (SSSR count). The molecule has 6 heteroatoms. The number of carbonyl (C=O) groups is 1. The summed E-state index contributed by atoms with van der Waals surface area (Å²) in [4.78, 5) is 11.3. The second-order valence-electron chi connectivity index (χ2n) is 5.69. The number of hydroxylamine groups is 2. The molecule has 0 amide bonds. The van der Waals surface area contributed by atoms with Gasteiger partial charge in [0.25, 0.3) is 0 Å². The molecule has 0 aliphatic carbocycles. The molecular formula is C19H22INO4. The van der Waals surface area contributed by atoms with E-state index in [0.29, 0.717) is 0 Å². The summed E-state index contributed by atoms with van der Waals surface area (Å²) in [7, 11) is 2.94. The van der Waals surface area contributed by atoms with Crippen LogP contribution in [0, 0.1) is 8.78 Å². The normalized spacial score (nSPS) is 11.8. The summed E-state index contributed by atoms with van der Waals surface area (Å²) < 4.78 is 10.9. The van der Waals surface area contributed by atoms with E-state index in [0.717, 1.165) is 33.3 Å². The number of carbonyl (C=O) groups excluding carboxylic acids is 1. The van der Waals surface area contributed by atoms with Crippen molar-refractivity contribution in [2.24, 2.45) is 0 Å². The molecule has 0 fully saturated rings. The molecule has 0 saturated carbocycles. The number of quaternary nitrogens is 1. The van der Waals surface area contributed by atoms with E-state index in [1.54, 1.807) is 7.11 Å². The number of halogens is 1. The molecule has 1 unspecified atom stereocenters. The first-order chi connectivity index (χ1) is 12.0. The van der Waals surface area contributed by atoms with Crippen LogP contribution in [0.15, 0.2) is 42.5 Å². The lowest BCUT2D eigenvalue weighted by Gasteiger charge is -2.22. The zero-order valence-electron chi connectivity index (χ0n) is 14.4. The molecule has 0 aromatic heterocycles. The largest absolute Gasteiger partial charge is 0.634 e. The highest BCUT2D eigenvalue weighted by Gasteiger charge is 2.12. The topological polar surface area (TPSA) is 63.0 Å². The van der Waals surface area contributed by atoms with Gasteiger partial charge in [-0.1, -0.05) is 24.3 Å². The van der Waals surface area contributed by atoms with E-state index in [4.69, 9.17) is 4.74 Å². The van der Waals surface area contributed by atoms with Crippen LogP contribution in [-0.2, 0) is 28.9 Å². The summed E-state index contributed by atoms with van der Waals surface area (Å²) in [5, 5.41) is 11.9. The standard InChI is InChI=1S/C19H22INO4/c1-24-16-9-6-14(7-10-16)8-11-17-15(4-3-5-18(17)20)12-21(23)13-19(22)25-2/h3-7,9-10,21H,8,11-13H2,1-2H3. The SMILES string of the molecule is COC(=O)C[NH+]([O-])Cc1cccc(I)c1CCc1ccc(OC)cc1. The molecule has 134 valence electrons. The summed E-state index contributed by atoms with van der Waals surface area (Å²) in [6, 6.07) is 13.9. The molecule has 0 radical (unpaired) electrons. The number of hydrogen-bond acceptors (Lipinski definition) is 4. The smallest absolute Gasteiger partial charge is 0.361 e. The quantitative estimate of drug-likeness (QED) is 0.377. The summed E-state index contributed by atoms with van der Waals surface area (Å²) in [5.74, 6) is 0.350. The molecular weight excluding hydrogens is 433 g/mol. The van der Waals surface area contributed by atoms with E-state index in [2.05, 4.69) is 39.5 Å². The number of aryl methyl sites for hydroxylation is 1. The van der Waals surface area contributed by atoms with Gasteiger partial charge in [0.1, 0.15) is 12.3 Å². The molecule has 0 aliphatic rings. The Balaban J connectivity index is 2.07. The summed E-state index contributed by atoms with van der Waals surface area (Å²) in [6.07, 6.45) is 1.72. The maximum atomic E-state index is 12.1. The Bertz CT molecular complexity index is 703. The monoisotopic (exact) mass is 455 g/mol. The fraction of sp³-hybridized carbons (Fsp3) is 0.316. The zero-order valence-corrected chi connectivity index (χ0v) is 16.5. The van der Waals surface area contributed by atoms with Crippen molar-refractivity contribution in [2.45, 2.75) is 19.4 Å². The van der Waals surface area contributed by atoms with E-state index in [9.17, 15) is 10.0 Å². The third-order valence-electron chi connectivity index (χ3n) is 4.00. The molecule has 1 N–H and O–H groups in total. The van der Waals surface area contributed by atoms with Crippen LogP contribution < -0.4 is 9.80 Å². The minimum absolute atomic E-state index is 0.125. The number of ether oxygens (including phenoxy) is 2. The average molecular weight is 455 g/mol.